The first kappa shape index (κ1) is 12.8. The van der Waals surface area contributed by atoms with Gasteiger partial charge in [-0.1, -0.05) is 39.5 Å². The molecule has 1 heterocycles. The molecule has 0 spiro atoms. The van der Waals surface area contributed by atoms with E-state index in [9.17, 15) is 0 Å². The van der Waals surface area contributed by atoms with Gasteiger partial charge in [-0.05, 0) is 28.8 Å². The standard InChI is InChI=1S/C12H21BrN2/c1-3-5-7-10(8-6-4-2)12-14-9-11(13)15-12/h9-10H,3-8H2,1-2H3,(H,14,15). The molecule has 0 atom stereocenters. The Morgan fingerprint density at radius 2 is 1.87 bits per heavy atom. The fourth-order valence-corrected chi connectivity index (χ4v) is 2.14. The van der Waals surface area contributed by atoms with Gasteiger partial charge < -0.3 is 4.98 Å². The van der Waals surface area contributed by atoms with Gasteiger partial charge in [-0.2, -0.15) is 0 Å². The molecular formula is C12H21BrN2. The number of nitrogens with one attached hydrogen (secondary N) is 1. The van der Waals surface area contributed by atoms with Crippen LogP contribution in [-0.4, -0.2) is 9.97 Å². The third-order valence-electron chi connectivity index (χ3n) is 2.76. The van der Waals surface area contributed by atoms with Crippen LogP contribution in [0.15, 0.2) is 10.8 Å². The number of unbranched alkanes of at least 4 members (excludes halogenated alkanes) is 2. The number of hydrogen-bond acceptors (Lipinski definition) is 1. The molecule has 1 N–H and O–H groups in total. The first-order chi connectivity index (χ1) is 7.27. The van der Waals surface area contributed by atoms with Crippen molar-refractivity contribution < 1.29 is 0 Å². The highest BCUT2D eigenvalue weighted by atomic mass is 79.9. The summed E-state index contributed by atoms with van der Waals surface area (Å²) in [5.41, 5.74) is 0. The van der Waals surface area contributed by atoms with E-state index in [1.165, 1.54) is 38.5 Å². The minimum Gasteiger partial charge on any atom is -0.337 e. The maximum absolute atomic E-state index is 4.42. The lowest BCUT2D eigenvalue weighted by molar-refractivity contribution is 0.506. The first-order valence-corrected chi connectivity index (χ1v) is 6.77. The van der Waals surface area contributed by atoms with Crippen LogP contribution in [0.2, 0.25) is 0 Å². The van der Waals surface area contributed by atoms with Gasteiger partial charge in [-0.25, -0.2) is 4.98 Å². The summed E-state index contributed by atoms with van der Waals surface area (Å²) in [6, 6.07) is 0. The molecule has 0 saturated carbocycles. The van der Waals surface area contributed by atoms with Crippen LogP contribution in [0.5, 0.6) is 0 Å². The van der Waals surface area contributed by atoms with E-state index < -0.39 is 0 Å². The molecule has 0 radical (unpaired) electrons. The van der Waals surface area contributed by atoms with E-state index in [0.29, 0.717) is 5.92 Å². The molecule has 15 heavy (non-hydrogen) atoms. The monoisotopic (exact) mass is 272 g/mol. The molecule has 0 unspecified atom stereocenters. The normalized spacial score (nSPS) is 11.2. The van der Waals surface area contributed by atoms with E-state index in [0.717, 1.165) is 10.4 Å². The second-order valence-corrected chi connectivity index (χ2v) is 4.95. The molecular weight excluding hydrogens is 252 g/mol. The smallest absolute Gasteiger partial charge is 0.110 e. The zero-order chi connectivity index (χ0) is 11.1. The van der Waals surface area contributed by atoms with Crippen molar-refractivity contribution in [1.29, 1.82) is 0 Å². The van der Waals surface area contributed by atoms with E-state index in [1.54, 1.807) is 0 Å². The first-order valence-electron chi connectivity index (χ1n) is 5.98. The Bertz CT molecular complexity index is 262. The number of imidazole rings is 1. The molecule has 1 rings (SSSR count). The maximum atomic E-state index is 4.42. The highest BCUT2D eigenvalue weighted by Crippen LogP contribution is 2.26. The van der Waals surface area contributed by atoms with E-state index in [1.807, 2.05) is 6.20 Å². The molecule has 2 nitrogen and oxygen atoms in total. The highest BCUT2D eigenvalue weighted by Gasteiger charge is 2.13. The largest absolute Gasteiger partial charge is 0.337 e. The minimum atomic E-state index is 0.621. The van der Waals surface area contributed by atoms with E-state index >= 15 is 0 Å². The maximum Gasteiger partial charge on any atom is 0.110 e. The Balaban J connectivity index is 2.54. The van der Waals surface area contributed by atoms with Gasteiger partial charge in [0, 0.05) is 5.92 Å². The minimum absolute atomic E-state index is 0.621. The summed E-state index contributed by atoms with van der Waals surface area (Å²) in [6.07, 6.45) is 9.52. The van der Waals surface area contributed by atoms with Crippen LogP contribution in [0.4, 0.5) is 0 Å². The van der Waals surface area contributed by atoms with Crippen molar-refractivity contribution in [3.63, 3.8) is 0 Å². The van der Waals surface area contributed by atoms with Gasteiger partial charge in [0.2, 0.25) is 0 Å². The van der Waals surface area contributed by atoms with Crippen LogP contribution in [0.3, 0.4) is 0 Å². The third kappa shape index (κ3) is 4.37. The SMILES string of the molecule is CCCCC(CCCC)c1ncc(Br)[nH]1. The van der Waals surface area contributed by atoms with Crippen LogP contribution in [0.1, 0.15) is 64.1 Å². The Labute approximate surface area is 101 Å². The molecule has 0 aliphatic heterocycles. The van der Waals surface area contributed by atoms with Crippen molar-refractivity contribution >= 4 is 15.9 Å². The van der Waals surface area contributed by atoms with Crippen LogP contribution in [0.25, 0.3) is 0 Å². The van der Waals surface area contributed by atoms with Crippen molar-refractivity contribution in [1.82, 2.24) is 9.97 Å². The zero-order valence-corrected chi connectivity index (χ0v) is 11.3. The molecule has 1 aromatic heterocycles. The summed E-state index contributed by atoms with van der Waals surface area (Å²) in [7, 11) is 0. The molecule has 0 bridgehead atoms. The van der Waals surface area contributed by atoms with Crippen LogP contribution >= 0.6 is 15.9 Å². The quantitative estimate of drug-likeness (QED) is 0.770. The molecule has 0 saturated heterocycles. The zero-order valence-electron chi connectivity index (χ0n) is 9.72. The van der Waals surface area contributed by atoms with Crippen molar-refractivity contribution in [2.24, 2.45) is 0 Å². The molecule has 0 aromatic carbocycles. The lowest BCUT2D eigenvalue weighted by Gasteiger charge is -2.13. The summed E-state index contributed by atoms with van der Waals surface area (Å²) in [5.74, 6) is 1.78. The average molecular weight is 273 g/mol. The van der Waals surface area contributed by atoms with Gasteiger partial charge in [0.1, 0.15) is 10.4 Å². The lowest BCUT2D eigenvalue weighted by Crippen LogP contribution is -2.01. The van der Waals surface area contributed by atoms with E-state index in [-0.39, 0.29) is 0 Å². The molecule has 1 aromatic rings. The predicted octanol–water partition coefficient (Wildman–Crippen LogP) is 4.64. The predicted molar refractivity (Wildman–Crippen MR) is 68.1 cm³/mol. The van der Waals surface area contributed by atoms with E-state index in [2.05, 4.69) is 39.7 Å². The van der Waals surface area contributed by atoms with Crippen LogP contribution in [0, 0.1) is 0 Å². The second-order valence-electron chi connectivity index (χ2n) is 4.10. The number of H-pyrrole nitrogens is 1. The van der Waals surface area contributed by atoms with E-state index in [4.69, 9.17) is 0 Å². The molecule has 3 heteroatoms. The Hall–Kier alpha value is -0.310. The highest BCUT2D eigenvalue weighted by molar-refractivity contribution is 9.10. The number of aromatic nitrogens is 2. The van der Waals surface area contributed by atoms with Gasteiger partial charge in [0.05, 0.1) is 6.20 Å². The summed E-state index contributed by atoms with van der Waals surface area (Å²) >= 11 is 3.42. The summed E-state index contributed by atoms with van der Waals surface area (Å²) < 4.78 is 0.996. The lowest BCUT2D eigenvalue weighted by atomic mass is 9.95. The van der Waals surface area contributed by atoms with Crippen molar-refractivity contribution in [2.75, 3.05) is 0 Å². The van der Waals surface area contributed by atoms with Gasteiger partial charge in [0.15, 0.2) is 0 Å². The number of nitrogens with zero attached hydrogens (tertiary/aromatic N) is 1. The number of aromatic amines is 1. The van der Waals surface area contributed by atoms with Crippen LogP contribution < -0.4 is 0 Å². The second kappa shape index (κ2) is 7.04. The average Bonchev–Trinajstić information content (AvgIpc) is 2.65. The number of rotatable bonds is 7. The number of hydrogen-bond donors (Lipinski definition) is 1. The molecule has 86 valence electrons. The van der Waals surface area contributed by atoms with Crippen molar-refractivity contribution in [2.45, 2.75) is 58.3 Å². The molecule has 0 fully saturated rings. The Morgan fingerprint density at radius 1 is 1.27 bits per heavy atom. The van der Waals surface area contributed by atoms with Gasteiger partial charge in [0.25, 0.3) is 0 Å². The summed E-state index contributed by atoms with van der Waals surface area (Å²) in [5, 5.41) is 0. The third-order valence-corrected chi connectivity index (χ3v) is 3.17. The number of halogens is 1. The fourth-order valence-electron chi connectivity index (χ4n) is 1.84. The molecule has 0 amide bonds. The molecule has 0 aliphatic carbocycles. The van der Waals surface area contributed by atoms with Gasteiger partial charge >= 0.3 is 0 Å². The fraction of sp³-hybridized carbons (Fsp3) is 0.750. The Morgan fingerprint density at radius 3 is 2.27 bits per heavy atom. The van der Waals surface area contributed by atoms with Crippen molar-refractivity contribution in [3.05, 3.63) is 16.6 Å². The van der Waals surface area contributed by atoms with Crippen molar-refractivity contribution in [3.8, 4) is 0 Å². The Kier molecular flexibility index (Phi) is 5.99. The summed E-state index contributed by atoms with van der Waals surface area (Å²) in [4.78, 5) is 7.72. The van der Waals surface area contributed by atoms with Crippen LogP contribution in [-0.2, 0) is 0 Å². The van der Waals surface area contributed by atoms with Gasteiger partial charge in [-0.3, -0.25) is 0 Å². The van der Waals surface area contributed by atoms with Gasteiger partial charge in [-0.15, -0.1) is 0 Å². The topological polar surface area (TPSA) is 28.7 Å². The summed E-state index contributed by atoms with van der Waals surface area (Å²) in [6.45, 7) is 4.49. The molecule has 0 aliphatic rings.